The maximum absolute atomic E-state index is 13.0. The van der Waals surface area contributed by atoms with Crippen molar-refractivity contribution in [1.29, 1.82) is 0 Å². The van der Waals surface area contributed by atoms with Crippen LogP contribution in [0.3, 0.4) is 0 Å². The van der Waals surface area contributed by atoms with Crippen LogP contribution >= 0.6 is 23.2 Å². The summed E-state index contributed by atoms with van der Waals surface area (Å²) in [4.78, 5) is 12.7. The molecule has 1 aromatic rings. The van der Waals surface area contributed by atoms with E-state index in [9.17, 15) is 14.3 Å². The summed E-state index contributed by atoms with van der Waals surface area (Å²) >= 11 is 11.3. The molecular formula is C11H8Cl2FNO2. The van der Waals surface area contributed by atoms with Gasteiger partial charge in [0.15, 0.2) is 6.23 Å². The number of aliphatic hydroxyl groups excluding tert-OH is 1. The molecule has 0 spiro atoms. The van der Waals surface area contributed by atoms with Crippen molar-refractivity contribution in [3.05, 3.63) is 45.7 Å². The van der Waals surface area contributed by atoms with E-state index in [1.807, 2.05) is 0 Å². The summed E-state index contributed by atoms with van der Waals surface area (Å²) in [5, 5.41) is 9.36. The Morgan fingerprint density at radius 3 is 2.65 bits per heavy atom. The number of hydrogen-bond acceptors (Lipinski definition) is 2. The Kier molecular flexibility index (Phi) is 3.38. The molecule has 0 saturated carbocycles. The van der Waals surface area contributed by atoms with Crippen molar-refractivity contribution in [3.63, 3.8) is 0 Å². The Morgan fingerprint density at radius 2 is 2.12 bits per heavy atom. The average molecular weight is 276 g/mol. The Morgan fingerprint density at radius 1 is 1.41 bits per heavy atom. The molecule has 1 aliphatic rings. The highest BCUT2D eigenvalue weighted by Crippen LogP contribution is 2.31. The number of hydrogen-bond donors (Lipinski definition) is 1. The molecule has 1 amide bonds. The number of aliphatic hydroxyl groups is 1. The van der Waals surface area contributed by atoms with Crippen molar-refractivity contribution in [3.8, 4) is 0 Å². The van der Waals surface area contributed by atoms with Gasteiger partial charge in [-0.15, -0.1) is 0 Å². The van der Waals surface area contributed by atoms with Crippen LogP contribution in [0.15, 0.2) is 34.3 Å². The first-order chi connectivity index (χ1) is 8.00. The zero-order chi connectivity index (χ0) is 12.6. The lowest BCUT2D eigenvalue weighted by atomic mass is 10.2. The van der Waals surface area contributed by atoms with Gasteiger partial charge in [-0.25, -0.2) is 4.39 Å². The van der Waals surface area contributed by atoms with Crippen LogP contribution in [0.4, 0.5) is 4.39 Å². The van der Waals surface area contributed by atoms with E-state index in [4.69, 9.17) is 23.2 Å². The predicted molar refractivity (Wildman–Crippen MR) is 61.7 cm³/mol. The first kappa shape index (κ1) is 12.4. The van der Waals surface area contributed by atoms with Crippen molar-refractivity contribution in [1.82, 2.24) is 4.90 Å². The highest BCUT2D eigenvalue weighted by atomic mass is 35.5. The summed E-state index contributed by atoms with van der Waals surface area (Å²) in [6.07, 6.45) is -1.26. The van der Waals surface area contributed by atoms with Crippen molar-refractivity contribution in [2.45, 2.75) is 12.8 Å². The van der Waals surface area contributed by atoms with Gasteiger partial charge in [0, 0.05) is 6.54 Å². The van der Waals surface area contributed by atoms with E-state index in [1.165, 1.54) is 18.2 Å². The summed E-state index contributed by atoms with van der Waals surface area (Å²) < 4.78 is 13.0. The van der Waals surface area contributed by atoms with E-state index in [0.717, 1.165) is 4.90 Å². The first-order valence-electron chi connectivity index (χ1n) is 4.79. The van der Waals surface area contributed by atoms with Gasteiger partial charge in [0.2, 0.25) is 0 Å². The van der Waals surface area contributed by atoms with Crippen LogP contribution in [-0.4, -0.2) is 22.1 Å². The van der Waals surface area contributed by atoms with Crippen LogP contribution < -0.4 is 0 Å². The van der Waals surface area contributed by atoms with E-state index < -0.39 is 18.0 Å². The molecule has 1 aromatic carbocycles. The van der Waals surface area contributed by atoms with E-state index in [2.05, 4.69) is 0 Å². The fourth-order valence-electron chi connectivity index (χ4n) is 1.58. The van der Waals surface area contributed by atoms with Gasteiger partial charge in [0.25, 0.3) is 5.91 Å². The SMILES string of the molecule is O=C1C(Cl)=C(Cl)C(O)N1Cc1cccc(F)c1. The monoisotopic (exact) mass is 275 g/mol. The molecule has 17 heavy (non-hydrogen) atoms. The van der Waals surface area contributed by atoms with Gasteiger partial charge in [-0.05, 0) is 17.7 Å². The lowest BCUT2D eigenvalue weighted by Crippen LogP contribution is -2.34. The maximum atomic E-state index is 13.0. The number of nitrogens with zero attached hydrogens (tertiary/aromatic N) is 1. The number of carbonyl (C=O) groups excluding carboxylic acids is 1. The van der Waals surface area contributed by atoms with E-state index in [1.54, 1.807) is 6.07 Å². The molecule has 0 saturated heterocycles. The zero-order valence-electron chi connectivity index (χ0n) is 8.53. The molecule has 0 aliphatic carbocycles. The van der Waals surface area contributed by atoms with Crippen LogP contribution in [0.25, 0.3) is 0 Å². The molecular weight excluding hydrogens is 268 g/mol. The first-order valence-corrected chi connectivity index (χ1v) is 5.55. The second kappa shape index (κ2) is 4.64. The molecule has 1 unspecified atom stereocenters. The van der Waals surface area contributed by atoms with Gasteiger partial charge in [0.05, 0.1) is 5.03 Å². The van der Waals surface area contributed by atoms with E-state index in [-0.39, 0.29) is 16.6 Å². The number of halogens is 3. The fourth-order valence-corrected chi connectivity index (χ4v) is 1.98. The molecule has 3 nitrogen and oxygen atoms in total. The van der Waals surface area contributed by atoms with Crippen molar-refractivity contribution in [2.24, 2.45) is 0 Å². The van der Waals surface area contributed by atoms with Crippen molar-refractivity contribution < 1.29 is 14.3 Å². The molecule has 6 heteroatoms. The molecule has 0 radical (unpaired) electrons. The van der Waals surface area contributed by atoms with Crippen LogP contribution in [0.5, 0.6) is 0 Å². The van der Waals surface area contributed by atoms with Crippen LogP contribution in [0.2, 0.25) is 0 Å². The molecule has 1 heterocycles. The number of amides is 1. The highest BCUT2D eigenvalue weighted by molar-refractivity contribution is 6.49. The summed E-state index contributed by atoms with van der Waals surface area (Å²) in [5.41, 5.74) is 0.549. The molecule has 1 atom stereocenters. The predicted octanol–water partition coefficient (Wildman–Crippen LogP) is 2.18. The zero-order valence-corrected chi connectivity index (χ0v) is 10.0. The van der Waals surface area contributed by atoms with Crippen LogP contribution in [-0.2, 0) is 11.3 Å². The van der Waals surface area contributed by atoms with Crippen molar-refractivity contribution in [2.75, 3.05) is 0 Å². The highest BCUT2D eigenvalue weighted by Gasteiger charge is 2.36. The van der Waals surface area contributed by atoms with Crippen LogP contribution in [0.1, 0.15) is 5.56 Å². The minimum Gasteiger partial charge on any atom is -0.368 e. The molecule has 1 aliphatic heterocycles. The Balaban J connectivity index is 2.19. The molecule has 1 N–H and O–H groups in total. The second-order valence-corrected chi connectivity index (χ2v) is 4.38. The summed E-state index contributed by atoms with van der Waals surface area (Å²) in [6, 6.07) is 5.74. The minimum atomic E-state index is -1.26. The summed E-state index contributed by atoms with van der Waals surface area (Å²) in [6.45, 7) is 0.0458. The Labute approximate surface area is 107 Å². The standard InChI is InChI=1S/C11H8Cl2FNO2/c12-8-9(13)11(17)15(10(8)16)5-6-2-1-3-7(14)4-6/h1-4,10,16H,5H2. The number of benzene rings is 1. The third-order valence-electron chi connectivity index (χ3n) is 2.42. The Bertz CT molecular complexity index is 504. The Hall–Kier alpha value is -1.10. The van der Waals surface area contributed by atoms with E-state index in [0.29, 0.717) is 5.56 Å². The van der Waals surface area contributed by atoms with Gasteiger partial charge < -0.3 is 10.0 Å². The van der Waals surface area contributed by atoms with Gasteiger partial charge in [0.1, 0.15) is 10.8 Å². The van der Waals surface area contributed by atoms with Gasteiger partial charge >= 0.3 is 0 Å². The van der Waals surface area contributed by atoms with E-state index >= 15 is 0 Å². The van der Waals surface area contributed by atoms with Crippen LogP contribution in [0, 0.1) is 5.82 Å². The fraction of sp³-hybridized carbons (Fsp3) is 0.182. The van der Waals surface area contributed by atoms with Gasteiger partial charge in [-0.3, -0.25) is 4.79 Å². The lowest BCUT2D eigenvalue weighted by molar-refractivity contribution is -0.132. The maximum Gasteiger partial charge on any atom is 0.269 e. The average Bonchev–Trinajstić information content (AvgIpc) is 2.47. The molecule has 90 valence electrons. The smallest absolute Gasteiger partial charge is 0.269 e. The topological polar surface area (TPSA) is 40.5 Å². The lowest BCUT2D eigenvalue weighted by Gasteiger charge is -2.21. The second-order valence-electron chi connectivity index (χ2n) is 3.60. The molecule has 0 aromatic heterocycles. The molecule has 0 bridgehead atoms. The third kappa shape index (κ3) is 2.29. The normalized spacial score (nSPS) is 20.4. The number of rotatable bonds is 2. The van der Waals surface area contributed by atoms with Gasteiger partial charge in [-0.1, -0.05) is 35.3 Å². The third-order valence-corrected chi connectivity index (χ3v) is 3.27. The quantitative estimate of drug-likeness (QED) is 0.899. The minimum absolute atomic E-state index is 0.0458. The molecule has 0 fully saturated rings. The largest absolute Gasteiger partial charge is 0.368 e. The molecule has 2 rings (SSSR count). The van der Waals surface area contributed by atoms with Gasteiger partial charge in [-0.2, -0.15) is 0 Å². The summed E-state index contributed by atoms with van der Waals surface area (Å²) in [7, 11) is 0. The number of carbonyl (C=O) groups is 1. The summed E-state index contributed by atoms with van der Waals surface area (Å²) in [5.74, 6) is -0.970. The van der Waals surface area contributed by atoms with Crippen molar-refractivity contribution >= 4 is 29.1 Å².